The second-order valence-electron chi connectivity index (χ2n) is 14.7. The molecule has 0 amide bonds. The minimum atomic E-state index is 0.418. The van der Waals surface area contributed by atoms with Crippen LogP contribution in [0.2, 0.25) is 0 Å². The maximum atomic E-state index is 4.06. The average Bonchev–Trinajstić information content (AvgIpc) is 3.51. The Morgan fingerprint density at radius 1 is 0.711 bits per heavy atom. The van der Waals surface area contributed by atoms with Crippen molar-refractivity contribution in [2.75, 3.05) is 0 Å². The average molecular weight is 593 g/mol. The quantitative estimate of drug-likeness (QED) is 0.327. The second kappa shape index (κ2) is 11.7. The smallest absolute Gasteiger partial charge is 0.106 e. The summed E-state index contributed by atoms with van der Waals surface area (Å²) in [5.74, 6) is 2.63. The molecule has 0 aromatic carbocycles. The number of nitrogens with one attached hydrogen (secondary N) is 1. The van der Waals surface area contributed by atoms with Crippen molar-refractivity contribution >= 4 is 0 Å². The molecule has 0 saturated carbocycles. The van der Waals surface area contributed by atoms with E-state index in [4.69, 9.17) is 0 Å². The Bertz CT molecular complexity index is 1620. The van der Waals surface area contributed by atoms with Crippen LogP contribution in [0.5, 0.6) is 0 Å². The summed E-state index contributed by atoms with van der Waals surface area (Å²) in [6.07, 6.45) is 54.6. The minimum Gasteiger partial charge on any atom is -0.367 e. The van der Waals surface area contributed by atoms with Gasteiger partial charge in [-0.25, -0.2) is 0 Å². The zero-order chi connectivity index (χ0) is 29.7. The van der Waals surface area contributed by atoms with Crippen LogP contribution in [0, 0.1) is 29.6 Å². The van der Waals surface area contributed by atoms with Crippen LogP contribution >= 0.6 is 0 Å². The predicted octanol–water partition coefficient (Wildman–Crippen LogP) is 10.0. The van der Waals surface area contributed by atoms with E-state index in [9.17, 15) is 0 Å². The number of hydrogen-bond acceptors (Lipinski definition) is 2. The first kappa shape index (κ1) is 27.8. The number of rotatable bonds is 4. The lowest BCUT2D eigenvalue weighted by atomic mass is 9.61. The van der Waals surface area contributed by atoms with E-state index in [0.29, 0.717) is 41.8 Å². The lowest BCUT2D eigenvalue weighted by Crippen LogP contribution is -2.47. The summed E-state index contributed by atoms with van der Waals surface area (Å²) in [6, 6.07) is 0.439. The van der Waals surface area contributed by atoms with Crippen molar-refractivity contribution in [3.63, 3.8) is 0 Å². The molecule has 45 heavy (non-hydrogen) atoms. The monoisotopic (exact) mass is 592 g/mol. The fourth-order valence-corrected chi connectivity index (χ4v) is 10.0. The molecule has 0 saturated heterocycles. The summed E-state index contributed by atoms with van der Waals surface area (Å²) in [5.41, 5.74) is 12.6. The van der Waals surface area contributed by atoms with Gasteiger partial charge in [-0.3, -0.25) is 0 Å². The van der Waals surface area contributed by atoms with Crippen LogP contribution in [-0.4, -0.2) is 17.1 Å². The van der Waals surface area contributed by atoms with Gasteiger partial charge in [0.05, 0.1) is 6.04 Å². The molecule has 7 atom stereocenters. The number of nitrogens with zero attached hydrogens (tertiary/aromatic N) is 1. The molecule has 0 aromatic heterocycles. The molecule has 0 spiro atoms. The number of allylic oxidation sites excluding steroid dienone is 21. The predicted molar refractivity (Wildman–Crippen MR) is 187 cm³/mol. The van der Waals surface area contributed by atoms with Gasteiger partial charge in [0, 0.05) is 35.1 Å². The van der Waals surface area contributed by atoms with Gasteiger partial charge >= 0.3 is 0 Å². The summed E-state index contributed by atoms with van der Waals surface area (Å²) in [4.78, 5) is 2.83. The Balaban J connectivity index is 1.05. The van der Waals surface area contributed by atoms with Crippen molar-refractivity contribution < 1.29 is 0 Å². The van der Waals surface area contributed by atoms with Crippen molar-refractivity contribution in [1.29, 1.82) is 0 Å². The Kier molecular flexibility index (Phi) is 7.21. The molecule has 7 unspecified atom stereocenters. The first-order valence-electron chi connectivity index (χ1n) is 18.2. The third kappa shape index (κ3) is 4.82. The molecule has 9 aliphatic rings. The normalized spacial score (nSPS) is 36.4. The minimum absolute atomic E-state index is 0.418. The largest absolute Gasteiger partial charge is 0.367 e. The fourth-order valence-electron chi connectivity index (χ4n) is 10.0. The van der Waals surface area contributed by atoms with Gasteiger partial charge in [-0.1, -0.05) is 97.2 Å². The van der Waals surface area contributed by atoms with Crippen LogP contribution in [-0.2, 0) is 0 Å². The van der Waals surface area contributed by atoms with E-state index >= 15 is 0 Å². The van der Waals surface area contributed by atoms with Crippen molar-refractivity contribution in [2.45, 2.75) is 89.3 Å². The molecule has 2 heteroatoms. The maximum absolute atomic E-state index is 4.06. The molecule has 8 aliphatic carbocycles. The first-order valence-corrected chi connectivity index (χ1v) is 18.2. The van der Waals surface area contributed by atoms with Gasteiger partial charge in [0.2, 0.25) is 0 Å². The van der Waals surface area contributed by atoms with E-state index in [2.05, 4.69) is 107 Å². The van der Waals surface area contributed by atoms with Crippen LogP contribution in [0.1, 0.15) is 77.0 Å². The van der Waals surface area contributed by atoms with Crippen LogP contribution in [0.4, 0.5) is 0 Å². The van der Waals surface area contributed by atoms with Gasteiger partial charge in [0.1, 0.15) is 6.17 Å². The van der Waals surface area contributed by atoms with Crippen molar-refractivity contribution in [2.24, 2.45) is 29.6 Å². The highest BCUT2D eigenvalue weighted by atomic mass is 15.4. The molecular weight excluding hydrogens is 544 g/mol. The van der Waals surface area contributed by atoms with Crippen molar-refractivity contribution in [3.8, 4) is 0 Å². The number of fused-ring (bicyclic) bond motifs is 2. The summed E-state index contributed by atoms with van der Waals surface area (Å²) < 4.78 is 0. The summed E-state index contributed by atoms with van der Waals surface area (Å²) in [7, 11) is 0. The Morgan fingerprint density at radius 3 is 2.49 bits per heavy atom. The fraction of sp³-hybridized carbons (Fsp3) is 0.442. The third-order valence-electron chi connectivity index (χ3n) is 12.1. The van der Waals surface area contributed by atoms with Gasteiger partial charge < -0.3 is 10.2 Å². The zero-order valence-corrected chi connectivity index (χ0v) is 26.7. The molecule has 2 nitrogen and oxygen atoms in total. The van der Waals surface area contributed by atoms with Crippen LogP contribution < -0.4 is 5.32 Å². The highest BCUT2D eigenvalue weighted by Gasteiger charge is 2.42. The van der Waals surface area contributed by atoms with Gasteiger partial charge in [-0.2, -0.15) is 0 Å². The van der Waals surface area contributed by atoms with Gasteiger partial charge in [-0.05, 0) is 116 Å². The van der Waals surface area contributed by atoms with Crippen LogP contribution in [0.25, 0.3) is 0 Å². The second-order valence-corrected chi connectivity index (χ2v) is 14.7. The first-order chi connectivity index (χ1) is 22.3. The molecule has 0 radical (unpaired) electrons. The Labute approximate surface area is 270 Å². The molecule has 1 aliphatic heterocycles. The lowest BCUT2D eigenvalue weighted by molar-refractivity contribution is 0.164. The van der Waals surface area contributed by atoms with Gasteiger partial charge in [-0.15, -0.1) is 0 Å². The van der Waals surface area contributed by atoms with Crippen LogP contribution in [0.3, 0.4) is 0 Å². The standard InChI is InChI=1S/C43H48N2/c1-2-13-31(14-3-1)43-44-39-20-10-11-21-40(39)45(43)34-26-24-30(25-27-34)41-35-16-6-8-18-37(35)42(38-19-9-7-17-36(38)41)33-23-22-29-12-4-5-15-32(29)28-33/h2,4-6,9,12-13,15-16,19,22-26,28-29,31-32,34,37,42-44H,1,3,7-8,10-11,14,17-18,20-21,27H2. The third-order valence-corrected chi connectivity index (χ3v) is 12.1. The van der Waals surface area contributed by atoms with Crippen LogP contribution in [0.15, 0.2) is 142 Å². The van der Waals surface area contributed by atoms with E-state index in [1.165, 1.54) is 63.4 Å². The van der Waals surface area contributed by atoms with Gasteiger partial charge in [0.15, 0.2) is 0 Å². The van der Waals surface area contributed by atoms with Crippen molar-refractivity contribution in [1.82, 2.24) is 10.2 Å². The molecule has 230 valence electrons. The molecule has 1 N–H and O–H groups in total. The molecule has 0 fully saturated rings. The van der Waals surface area contributed by atoms with E-state index < -0.39 is 0 Å². The maximum Gasteiger partial charge on any atom is 0.106 e. The van der Waals surface area contributed by atoms with Crippen molar-refractivity contribution in [3.05, 3.63) is 142 Å². The lowest BCUT2D eigenvalue weighted by Gasteiger charge is -2.43. The van der Waals surface area contributed by atoms with E-state index in [-0.39, 0.29) is 0 Å². The van der Waals surface area contributed by atoms with E-state index in [1.807, 2.05) is 0 Å². The van der Waals surface area contributed by atoms with Gasteiger partial charge in [0.25, 0.3) is 0 Å². The Hall–Kier alpha value is -3.52. The topological polar surface area (TPSA) is 15.3 Å². The molecule has 0 aromatic rings. The summed E-state index contributed by atoms with van der Waals surface area (Å²) in [6.45, 7) is 0. The SMILES string of the molecule is C1=CC2C=CC(C3C4=C(CCC=C4)C(C4=CCC(N5C6=C(CCCC6)NC5C5C=CCCC5)C=C4)=C4C=CCCC43)=CC2C=C1. The Morgan fingerprint density at radius 2 is 1.60 bits per heavy atom. The highest BCUT2D eigenvalue weighted by molar-refractivity contribution is 5.66. The summed E-state index contributed by atoms with van der Waals surface area (Å²) in [5, 5.41) is 4.06. The van der Waals surface area contributed by atoms with E-state index in [1.54, 1.807) is 39.3 Å². The summed E-state index contributed by atoms with van der Waals surface area (Å²) >= 11 is 0. The molecular formula is C43H48N2. The number of hydrogen-bond donors (Lipinski definition) is 1. The van der Waals surface area contributed by atoms with E-state index in [0.717, 1.165) is 19.3 Å². The molecule has 0 bridgehead atoms. The zero-order valence-electron chi connectivity index (χ0n) is 26.7. The molecule has 9 rings (SSSR count). The molecule has 1 heterocycles. The highest BCUT2D eigenvalue weighted by Crippen LogP contribution is 2.53.